The average molecular weight is 363 g/mol. The third-order valence-electron chi connectivity index (χ3n) is 2.74. The van der Waals surface area contributed by atoms with Gasteiger partial charge >= 0.3 is 6.18 Å². The van der Waals surface area contributed by atoms with Gasteiger partial charge in [0.1, 0.15) is 0 Å². The van der Waals surface area contributed by atoms with Crippen molar-refractivity contribution >= 4 is 33.2 Å². The fourth-order valence-corrected chi connectivity index (χ4v) is 2.01. The molecule has 0 radical (unpaired) electrons. The van der Waals surface area contributed by atoms with E-state index >= 15 is 0 Å². The molecule has 1 aromatic carbocycles. The van der Waals surface area contributed by atoms with Crippen LogP contribution in [0.3, 0.4) is 0 Å². The van der Waals surface area contributed by atoms with Gasteiger partial charge in [-0.25, -0.2) is 0 Å². The smallest absolute Gasteiger partial charge is 0.395 e. The Labute approximate surface area is 125 Å². The maximum absolute atomic E-state index is 12.9. The zero-order valence-electron chi connectivity index (χ0n) is 10.7. The highest BCUT2D eigenvalue weighted by atomic mass is 79.9. The van der Waals surface area contributed by atoms with Gasteiger partial charge in [-0.3, -0.25) is 9.89 Å². The number of aromatic amines is 1. The lowest BCUT2D eigenvalue weighted by Gasteiger charge is -2.13. The zero-order valence-corrected chi connectivity index (χ0v) is 12.3. The Morgan fingerprint density at radius 3 is 2.62 bits per heavy atom. The van der Waals surface area contributed by atoms with Crippen molar-refractivity contribution in [3.63, 3.8) is 0 Å². The van der Waals surface area contributed by atoms with Crippen LogP contribution in [0.2, 0.25) is 0 Å². The lowest BCUT2D eigenvalue weighted by molar-refractivity contribution is -0.136. The standard InChI is InChI=1S/C12H10BrF3N4O/c1-5-9(17)10(20-19-5)11(21)18-8-3-2-6(13)4-7(8)12(14,15)16/h2-4H,17H2,1H3,(H,18,21)(H,19,20). The molecule has 1 heterocycles. The SMILES string of the molecule is Cc1[nH]nc(C(=O)Nc2ccc(Br)cc2C(F)(F)F)c1N. The van der Waals surface area contributed by atoms with E-state index in [0.717, 1.165) is 12.1 Å². The molecule has 9 heteroatoms. The maximum Gasteiger partial charge on any atom is 0.418 e. The molecule has 0 aliphatic rings. The molecule has 2 aromatic rings. The Morgan fingerprint density at radius 1 is 1.43 bits per heavy atom. The van der Waals surface area contributed by atoms with Gasteiger partial charge in [-0.1, -0.05) is 15.9 Å². The Morgan fingerprint density at radius 2 is 2.10 bits per heavy atom. The molecule has 0 saturated carbocycles. The number of nitrogens with one attached hydrogen (secondary N) is 2. The molecule has 2 rings (SSSR count). The van der Waals surface area contributed by atoms with E-state index in [4.69, 9.17) is 5.73 Å². The number of nitrogens with zero attached hydrogens (tertiary/aromatic N) is 1. The minimum absolute atomic E-state index is 0.0955. The summed E-state index contributed by atoms with van der Waals surface area (Å²) in [7, 11) is 0. The van der Waals surface area contributed by atoms with Crippen molar-refractivity contribution < 1.29 is 18.0 Å². The fourth-order valence-electron chi connectivity index (χ4n) is 1.65. The number of aromatic nitrogens is 2. The second-order valence-corrected chi connectivity index (χ2v) is 5.17. The molecule has 112 valence electrons. The molecule has 1 aromatic heterocycles. The van der Waals surface area contributed by atoms with E-state index in [1.54, 1.807) is 6.92 Å². The number of hydrogen-bond acceptors (Lipinski definition) is 3. The van der Waals surface area contributed by atoms with Crippen molar-refractivity contribution in [3.8, 4) is 0 Å². The number of amides is 1. The van der Waals surface area contributed by atoms with E-state index in [2.05, 4.69) is 31.4 Å². The van der Waals surface area contributed by atoms with Gasteiger partial charge in [0, 0.05) is 4.47 Å². The van der Waals surface area contributed by atoms with Crippen molar-refractivity contribution in [1.29, 1.82) is 0 Å². The number of rotatable bonds is 2. The van der Waals surface area contributed by atoms with Gasteiger partial charge in [0.15, 0.2) is 5.69 Å². The molecule has 1 amide bonds. The molecule has 0 bridgehead atoms. The largest absolute Gasteiger partial charge is 0.418 e. The second-order valence-electron chi connectivity index (χ2n) is 4.25. The predicted molar refractivity (Wildman–Crippen MR) is 74.8 cm³/mol. The number of alkyl halides is 3. The molecule has 21 heavy (non-hydrogen) atoms. The summed E-state index contributed by atoms with van der Waals surface area (Å²) >= 11 is 2.96. The van der Waals surface area contributed by atoms with Crippen LogP contribution in [0.1, 0.15) is 21.7 Å². The number of nitrogen functional groups attached to an aromatic ring is 1. The van der Waals surface area contributed by atoms with Crippen LogP contribution in [0.25, 0.3) is 0 Å². The van der Waals surface area contributed by atoms with Crippen molar-refractivity contribution in [2.24, 2.45) is 0 Å². The summed E-state index contributed by atoms with van der Waals surface area (Å²) in [6, 6.07) is 3.43. The molecule has 0 fully saturated rings. The summed E-state index contributed by atoms with van der Waals surface area (Å²) < 4.78 is 39.1. The summed E-state index contributed by atoms with van der Waals surface area (Å²) in [6.45, 7) is 1.60. The predicted octanol–water partition coefficient (Wildman–Crippen LogP) is 3.33. The van der Waals surface area contributed by atoms with Gasteiger partial charge in [0.25, 0.3) is 5.91 Å². The number of aryl methyl sites for hydroxylation is 1. The number of H-pyrrole nitrogens is 1. The highest BCUT2D eigenvalue weighted by molar-refractivity contribution is 9.10. The van der Waals surface area contributed by atoms with Gasteiger partial charge < -0.3 is 11.1 Å². The van der Waals surface area contributed by atoms with Gasteiger partial charge in [-0.2, -0.15) is 18.3 Å². The highest BCUT2D eigenvalue weighted by Gasteiger charge is 2.34. The van der Waals surface area contributed by atoms with E-state index in [-0.39, 0.29) is 21.5 Å². The molecule has 0 atom stereocenters. The van der Waals surface area contributed by atoms with Crippen LogP contribution in [0.4, 0.5) is 24.5 Å². The Balaban J connectivity index is 2.36. The normalized spacial score (nSPS) is 11.5. The number of anilines is 2. The molecule has 0 aliphatic carbocycles. The van der Waals surface area contributed by atoms with Crippen molar-refractivity contribution in [3.05, 3.63) is 39.6 Å². The highest BCUT2D eigenvalue weighted by Crippen LogP contribution is 2.36. The van der Waals surface area contributed by atoms with E-state index in [1.807, 2.05) is 0 Å². The molecular weight excluding hydrogens is 353 g/mol. The topological polar surface area (TPSA) is 83.8 Å². The van der Waals surface area contributed by atoms with Crippen LogP contribution >= 0.6 is 15.9 Å². The van der Waals surface area contributed by atoms with Gasteiger partial charge in [-0.15, -0.1) is 0 Å². The number of nitrogens with two attached hydrogens (primary N) is 1. The lowest BCUT2D eigenvalue weighted by Crippen LogP contribution is -2.18. The molecule has 0 aliphatic heterocycles. The first-order valence-corrected chi connectivity index (χ1v) is 6.48. The van der Waals surface area contributed by atoms with E-state index in [1.165, 1.54) is 6.07 Å². The van der Waals surface area contributed by atoms with Crippen LogP contribution in [0.15, 0.2) is 22.7 Å². The van der Waals surface area contributed by atoms with Crippen molar-refractivity contribution in [2.45, 2.75) is 13.1 Å². The second kappa shape index (κ2) is 5.40. The first-order valence-electron chi connectivity index (χ1n) is 5.68. The minimum atomic E-state index is -4.60. The monoisotopic (exact) mass is 362 g/mol. The molecule has 0 spiro atoms. The van der Waals surface area contributed by atoms with Crippen LogP contribution in [0.5, 0.6) is 0 Å². The van der Waals surface area contributed by atoms with Crippen LogP contribution < -0.4 is 11.1 Å². The summed E-state index contributed by atoms with van der Waals surface area (Å²) in [5, 5.41) is 8.33. The summed E-state index contributed by atoms with van der Waals surface area (Å²) in [4.78, 5) is 12.0. The lowest BCUT2D eigenvalue weighted by atomic mass is 10.1. The summed E-state index contributed by atoms with van der Waals surface area (Å²) in [5.74, 6) is -0.815. The number of carbonyl (C=O) groups is 1. The van der Waals surface area contributed by atoms with E-state index < -0.39 is 17.6 Å². The molecule has 5 nitrogen and oxygen atoms in total. The quantitative estimate of drug-likeness (QED) is 0.765. The Hall–Kier alpha value is -2.03. The molecule has 0 unspecified atom stereocenters. The summed E-state index contributed by atoms with van der Waals surface area (Å²) in [6.07, 6.45) is -4.60. The van der Waals surface area contributed by atoms with E-state index in [0.29, 0.717) is 5.69 Å². The van der Waals surface area contributed by atoms with Crippen molar-refractivity contribution in [1.82, 2.24) is 10.2 Å². The first-order chi connectivity index (χ1) is 9.70. The Kier molecular flexibility index (Phi) is 3.95. The fraction of sp³-hybridized carbons (Fsp3) is 0.167. The average Bonchev–Trinajstić information content (AvgIpc) is 2.71. The van der Waals surface area contributed by atoms with E-state index in [9.17, 15) is 18.0 Å². The third kappa shape index (κ3) is 3.18. The summed E-state index contributed by atoms with van der Waals surface area (Å²) in [5.41, 5.74) is 4.70. The minimum Gasteiger partial charge on any atom is -0.395 e. The van der Waals surface area contributed by atoms with Crippen LogP contribution in [0, 0.1) is 6.92 Å². The van der Waals surface area contributed by atoms with Crippen LogP contribution in [-0.2, 0) is 6.18 Å². The molecule has 4 N–H and O–H groups in total. The maximum atomic E-state index is 12.9. The number of hydrogen-bond donors (Lipinski definition) is 3. The number of halogens is 4. The van der Waals surface area contributed by atoms with Gasteiger partial charge in [-0.05, 0) is 25.1 Å². The number of carbonyl (C=O) groups excluding carboxylic acids is 1. The van der Waals surface area contributed by atoms with Crippen LogP contribution in [-0.4, -0.2) is 16.1 Å². The molecule has 0 saturated heterocycles. The zero-order chi connectivity index (χ0) is 15.8. The first kappa shape index (κ1) is 15.4. The number of benzene rings is 1. The molecular formula is C12H10BrF3N4O. The third-order valence-corrected chi connectivity index (χ3v) is 3.24. The van der Waals surface area contributed by atoms with Crippen molar-refractivity contribution in [2.75, 3.05) is 11.1 Å². The van der Waals surface area contributed by atoms with Gasteiger partial charge in [0.2, 0.25) is 0 Å². The Bertz CT molecular complexity index is 696. The van der Waals surface area contributed by atoms with Gasteiger partial charge in [0.05, 0.1) is 22.6 Å².